The Bertz CT molecular complexity index is 522. The summed E-state index contributed by atoms with van der Waals surface area (Å²) in [5.74, 6) is -0.533. The van der Waals surface area contributed by atoms with Crippen molar-refractivity contribution in [2.75, 3.05) is 0 Å². The first kappa shape index (κ1) is 10.9. The predicted molar refractivity (Wildman–Crippen MR) is 57.2 cm³/mol. The number of hydrogen-bond donors (Lipinski definition) is 2. The molecule has 0 radical (unpaired) electrons. The first-order valence-electron chi connectivity index (χ1n) is 4.67. The van der Waals surface area contributed by atoms with Crippen molar-refractivity contribution >= 4 is 5.97 Å². The SMILES string of the molecule is O=C(O)c1ncc(Oc2ccc(O)cc2)cn1. The third-order valence-electron chi connectivity index (χ3n) is 1.89. The number of ether oxygens (including phenoxy) is 1. The molecule has 0 unspecified atom stereocenters. The molecule has 1 heterocycles. The normalized spacial score (nSPS) is 9.88. The molecule has 6 nitrogen and oxygen atoms in total. The fraction of sp³-hybridized carbons (Fsp3) is 0. The number of aromatic carboxylic acids is 1. The molecule has 1 aromatic carbocycles. The number of phenols is 1. The van der Waals surface area contributed by atoms with Crippen LogP contribution < -0.4 is 4.74 Å². The number of aromatic hydroxyl groups is 1. The van der Waals surface area contributed by atoms with Gasteiger partial charge < -0.3 is 14.9 Å². The van der Waals surface area contributed by atoms with Crippen LogP contribution in [-0.2, 0) is 0 Å². The van der Waals surface area contributed by atoms with Gasteiger partial charge in [-0.3, -0.25) is 0 Å². The summed E-state index contributed by atoms with van der Waals surface area (Å²) in [5.41, 5.74) is 0. The van der Waals surface area contributed by atoms with Gasteiger partial charge in [-0.2, -0.15) is 0 Å². The van der Waals surface area contributed by atoms with Crippen molar-refractivity contribution in [3.05, 3.63) is 42.5 Å². The summed E-state index contributed by atoms with van der Waals surface area (Å²) >= 11 is 0. The number of hydrogen-bond acceptors (Lipinski definition) is 5. The van der Waals surface area contributed by atoms with Crippen molar-refractivity contribution in [3.8, 4) is 17.2 Å². The number of benzene rings is 1. The van der Waals surface area contributed by atoms with E-state index < -0.39 is 5.97 Å². The second kappa shape index (κ2) is 4.48. The standard InChI is InChI=1S/C11H8N2O4/c14-7-1-3-8(4-2-7)17-9-5-12-10(11(15)16)13-6-9/h1-6,14H,(H,15,16). The average molecular weight is 232 g/mol. The molecule has 86 valence electrons. The van der Waals surface area contributed by atoms with Crippen molar-refractivity contribution in [1.29, 1.82) is 0 Å². The van der Waals surface area contributed by atoms with E-state index in [0.717, 1.165) is 0 Å². The van der Waals surface area contributed by atoms with Gasteiger partial charge >= 0.3 is 5.97 Å². The zero-order valence-corrected chi connectivity index (χ0v) is 8.57. The lowest BCUT2D eigenvalue weighted by Gasteiger charge is -2.04. The molecule has 0 aliphatic heterocycles. The van der Waals surface area contributed by atoms with Crippen molar-refractivity contribution in [2.24, 2.45) is 0 Å². The summed E-state index contributed by atoms with van der Waals surface area (Å²) in [6.07, 6.45) is 2.53. The van der Waals surface area contributed by atoms with E-state index in [1.807, 2.05) is 0 Å². The number of aromatic nitrogens is 2. The Labute approximate surface area is 96.2 Å². The van der Waals surface area contributed by atoms with Gasteiger partial charge in [0.2, 0.25) is 5.82 Å². The first-order chi connectivity index (χ1) is 8.15. The molecule has 6 heteroatoms. The molecule has 17 heavy (non-hydrogen) atoms. The fourth-order valence-corrected chi connectivity index (χ4v) is 1.13. The third kappa shape index (κ3) is 2.69. The Morgan fingerprint density at radius 3 is 2.18 bits per heavy atom. The van der Waals surface area contributed by atoms with E-state index >= 15 is 0 Å². The largest absolute Gasteiger partial charge is 0.508 e. The summed E-state index contributed by atoms with van der Waals surface area (Å²) < 4.78 is 5.34. The molecule has 2 rings (SSSR count). The average Bonchev–Trinajstić information content (AvgIpc) is 2.33. The highest BCUT2D eigenvalue weighted by Gasteiger charge is 2.06. The smallest absolute Gasteiger partial charge is 0.373 e. The van der Waals surface area contributed by atoms with E-state index in [1.165, 1.54) is 24.5 Å². The van der Waals surface area contributed by atoms with Crippen LogP contribution in [0.4, 0.5) is 0 Å². The molecule has 0 atom stereocenters. The summed E-state index contributed by atoms with van der Waals surface area (Å²) in [6.45, 7) is 0. The molecular weight excluding hydrogens is 224 g/mol. The van der Waals surface area contributed by atoms with Crippen LogP contribution in [-0.4, -0.2) is 26.2 Å². The lowest BCUT2D eigenvalue weighted by Crippen LogP contribution is -2.03. The maximum absolute atomic E-state index is 10.5. The van der Waals surface area contributed by atoms with E-state index in [2.05, 4.69) is 9.97 Å². The molecular formula is C11H8N2O4. The maximum atomic E-state index is 10.5. The topological polar surface area (TPSA) is 92.5 Å². The van der Waals surface area contributed by atoms with Gasteiger partial charge in [0.25, 0.3) is 0 Å². The maximum Gasteiger partial charge on any atom is 0.373 e. The summed E-state index contributed by atoms with van der Waals surface area (Å²) in [7, 11) is 0. The minimum atomic E-state index is -1.19. The molecule has 0 spiro atoms. The highest BCUT2D eigenvalue weighted by Crippen LogP contribution is 2.21. The lowest BCUT2D eigenvalue weighted by atomic mass is 10.3. The second-order valence-electron chi connectivity index (χ2n) is 3.14. The van der Waals surface area contributed by atoms with Crippen LogP contribution in [0.2, 0.25) is 0 Å². The molecule has 0 amide bonds. The minimum Gasteiger partial charge on any atom is -0.508 e. The zero-order valence-electron chi connectivity index (χ0n) is 8.57. The van der Waals surface area contributed by atoms with Gasteiger partial charge in [-0.25, -0.2) is 14.8 Å². The Morgan fingerprint density at radius 1 is 1.06 bits per heavy atom. The Morgan fingerprint density at radius 2 is 1.65 bits per heavy atom. The van der Waals surface area contributed by atoms with Gasteiger partial charge in [-0.15, -0.1) is 0 Å². The van der Waals surface area contributed by atoms with E-state index in [9.17, 15) is 4.79 Å². The predicted octanol–water partition coefficient (Wildman–Crippen LogP) is 1.67. The Kier molecular flexibility index (Phi) is 2.87. The summed E-state index contributed by atoms with van der Waals surface area (Å²) in [4.78, 5) is 17.7. The van der Waals surface area contributed by atoms with E-state index in [4.69, 9.17) is 14.9 Å². The number of nitrogens with zero attached hydrogens (tertiary/aromatic N) is 2. The zero-order chi connectivity index (χ0) is 12.3. The highest BCUT2D eigenvalue weighted by molar-refractivity contribution is 5.82. The van der Waals surface area contributed by atoms with Gasteiger partial charge in [0.1, 0.15) is 11.5 Å². The number of carbonyl (C=O) groups is 1. The number of phenolic OH excluding ortho intramolecular Hbond substituents is 1. The second-order valence-corrected chi connectivity index (χ2v) is 3.14. The third-order valence-corrected chi connectivity index (χ3v) is 1.89. The van der Waals surface area contributed by atoms with E-state index in [0.29, 0.717) is 11.5 Å². The van der Waals surface area contributed by atoms with Gasteiger partial charge in [0.15, 0.2) is 5.75 Å². The Hall–Kier alpha value is -2.63. The van der Waals surface area contributed by atoms with Gasteiger partial charge in [0, 0.05) is 0 Å². The van der Waals surface area contributed by atoms with Crippen LogP contribution in [0, 0.1) is 0 Å². The molecule has 1 aromatic heterocycles. The molecule has 0 aliphatic rings. The molecule has 2 aromatic rings. The number of rotatable bonds is 3. The van der Waals surface area contributed by atoms with Crippen molar-refractivity contribution in [3.63, 3.8) is 0 Å². The molecule has 0 aliphatic carbocycles. The number of carboxylic acid groups (broad SMARTS) is 1. The fourth-order valence-electron chi connectivity index (χ4n) is 1.13. The van der Waals surface area contributed by atoms with Crippen molar-refractivity contribution in [1.82, 2.24) is 9.97 Å². The van der Waals surface area contributed by atoms with Crippen LogP contribution >= 0.6 is 0 Å². The van der Waals surface area contributed by atoms with Crippen LogP contribution in [0.5, 0.6) is 17.2 Å². The van der Waals surface area contributed by atoms with E-state index in [1.54, 1.807) is 12.1 Å². The quantitative estimate of drug-likeness (QED) is 0.836. The van der Waals surface area contributed by atoms with Crippen LogP contribution in [0.1, 0.15) is 10.6 Å². The number of carboxylic acids is 1. The summed E-state index contributed by atoms with van der Waals surface area (Å²) in [5, 5.41) is 17.7. The molecule has 0 saturated carbocycles. The Balaban J connectivity index is 2.13. The first-order valence-corrected chi connectivity index (χ1v) is 4.67. The van der Waals surface area contributed by atoms with Crippen molar-refractivity contribution < 1.29 is 19.7 Å². The monoisotopic (exact) mass is 232 g/mol. The minimum absolute atomic E-state index is 0.134. The highest BCUT2D eigenvalue weighted by atomic mass is 16.5. The van der Waals surface area contributed by atoms with Crippen molar-refractivity contribution in [2.45, 2.75) is 0 Å². The van der Waals surface area contributed by atoms with E-state index in [-0.39, 0.29) is 11.6 Å². The molecule has 0 bridgehead atoms. The van der Waals surface area contributed by atoms with Crippen LogP contribution in [0.25, 0.3) is 0 Å². The molecule has 0 fully saturated rings. The molecule has 0 saturated heterocycles. The van der Waals surface area contributed by atoms with Crippen LogP contribution in [0.15, 0.2) is 36.7 Å². The molecule has 2 N–H and O–H groups in total. The van der Waals surface area contributed by atoms with Gasteiger partial charge in [-0.05, 0) is 24.3 Å². The van der Waals surface area contributed by atoms with Gasteiger partial charge in [0.05, 0.1) is 12.4 Å². The lowest BCUT2D eigenvalue weighted by molar-refractivity contribution is 0.0683. The summed E-state index contributed by atoms with van der Waals surface area (Å²) in [6, 6.07) is 6.09. The van der Waals surface area contributed by atoms with Gasteiger partial charge in [-0.1, -0.05) is 0 Å². The van der Waals surface area contributed by atoms with Crippen LogP contribution in [0.3, 0.4) is 0 Å².